The van der Waals surface area contributed by atoms with Crippen molar-refractivity contribution < 1.29 is 14.6 Å². The summed E-state index contributed by atoms with van der Waals surface area (Å²) in [7, 11) is 0. The molecule has 0 aromatic heterocycles. The first-order valence-corrected chi connectivity index (χ1v) is 3.12. The Bertz CT molecular complexity index is 224. The highest BCUT2D eigenvalue weighted by molar-refractivity contribution is 5.86. The van der Waals surface area contributed by atoms with Gasteiger partial charge in [0.05, 0.1) is 5.57 Å². The van der Waals surface area contributed by atoms with Crippen molar-refractivity contribution in [3.8, 4) is 6.26 Å². The lowest BCUT2D eigenvalue weighted by Gasteiger charge is -2.00. The number of carboxylic acids is 1. The summed E-state index contributed by atoms with van der Waals surface area (Å²) in [6.07, 6.45) is 1.84. The standard InChI is InChI=1S/C7H9NO3/c1-3-6(11-4-8)5(2)7(9)10/h3H2,1-2H3,(H,9,10). The van der Waals surface area contributed by atoms with Gasteiger partial charge in [-0.2, -0.15) is 0 Å². The molecule has 0 rings (SSSR count). The number of carboxylic acid groups (broad SMARTS) is 1. The number of rotatable bonds is 3. The smallest absolute Gasteiger partial charge is 0.334 e. The molecule has 0 aromatic carbocycles. The molecule has 0 aromatic rings. The predicted octanol–water partition coefficient (Wildman–Crippen LogP) is 1.25. The lowest BCUT2D eigenvalue weighted by molar-refractivity contribution is -0.132. The third kappa shape index (κ3) is 2.72. The molecule has 0 aliphatic heterocycles. The van der Waals surface area contributed by atoms with E-state index in [1.165, 1.54) is 13.2 Å². The normalized spacial score (nSPS) is 11.4. The average molecular weight is 155 g/mol. The van der Waals surface area contributed by atoms with E-state index in [1.54, 1.807) is 6.92 Å². The van der Waals surface area contributed by atoms with Crippen molar-refractivity contribution in [3.05, 3.63) is 11.3 Å². The molecule has 0 unspecified atom stereocenters. The number of nitriles is 1. The molecule has 0 aliphatic carbocycles. The summed E-state index contributed by atoms with van der Waals surface area (Å²) in [5.41, 5.74) is 0.0778. The van der Waals surface area contributed by atoms with Gasteiger partial charge < -0.3 is 9.84 Å². The van der Waals surface area contributed by atoms with Crippen LogP contribution in [0, 0.1) is 11.5 Å². The number of ether oxygens (including phenoxy) is 1. The van der Waals surface area contributed by atoms with E-state index in [-0.39, 0.29) is 11.3 Å². The lowest BCUT2D eigenvalue weighted by Crippen LogP contribution is -2.01. The van der Waals surface area contributed by atoms with E-state index in [1.807, 2.05) is 0 Å². The van der Waals surface area contributed by atoms with Crippen LogP contribution in [0.5, 0.6) is 0 Å². The molecule has 0 fully saturated rings. The molecule has 0 heterocycles. The van der Waals surface area contributed by atoms with Gasteiger partial charge in [0.2, 0.25) is 0 Å². The van der Waals surface area contributed by atoms with E-state index in [0.29, 0.717) is 6.42 Å². The first-order chi connectivity index (χ1) is 5.13. The second kappa shape index (κ2) is 4.34. The largest absolute Gasteiger partial charge is 0.478 e. The van der Waals surface area contributed by atoms with Crippen LogP contribution < -0.4 is 0 Å². The van der Waals surface area contributed by atoms with Gasteiger partial charge in [-0.25, -0.2) is 4.79 Å². The van der Waals surface area contributed by atoms with E-state index >= 15 is 0 Å². The van der Waals surface area contributed by atoms with Crippen molar-refractivity contribution in [2.24, 2.45) is 0 Å². The second-order valence-corrected chi connectivity index (χ2v) is 1.90. The van der Waals surface area contributed by atoms with Gasteiger partial charge in [0, 0.05) is 6.42 Å². The highest BCUT2D eigenvalue weighted by Gasteiger charge is 2.08. The Balaban J connectivity index is 4.56. The molecule has 4 nitrogen and oxygen atoms in total. The number of aliphatic carboxylic acids is 1. The summed E-state index contributed by atoms with van der Waals surface area (Å²) in [6.45, 7) is 3.12. The summed E-state index contributed by atoms with van der Waals surface area (Å²) < 4.78 is 4.42. The monoisotopic (exact) mass is 155 g/mol. The Kier molecular flexibility index (Phi) is 3.75. The molecule has 60 valence electrons. The van der Waals surface area contributed by atoms with Crippen LogP contribution in [0.15, 0.2) is 11.3 Å². The van der Waals surface area contributed by atoms with Gasteiger partial charge in [-0.15, -0.1) is 5.26 Å². The topological polar surface area (TPSA) is 70.3 Å². The Hall–Kier alpha value is -1.50. The lowest BCUT2D eigenvalue weighted by atomic mass is 10.2. The van der Waals surface area contributed by atoms with Crippen molar-refractivity contribution in [1.82, 2.24) is 0 Å². The van der Waals surface area contributed by atoms with Crippen molar-refractivity contribution >= 4 is 5.97 Å². The zero-order valence-corrected chi connectivity index (χ0v) is 6.42. The van der Waals surface area contributed by atoms with Crippen molar-refractivity contribution in [2.45, 2.75) is 20.3 Å². The number of allylic oxidation sites excluding steroid dienone is 1. The first-order valence-electron chi connectivity index (χ1n) is 3.12. The van der Waals surface area contributed by atoms with E-state index in [4.69, 9.17) is 10.4 Å². The van der Waals surface area contributed by atoms with Crippen molar-refractivity contribution in [2.75, 3.05) is 0 Å². The zero-order chi connectivity index (χ0) is 8.85. The van der Waals surface area contributed by atoms with Crippen LogP contribution in [0.25, 0.3) is 0 Å². The van der Waals surface area contributed by atoms with Gasteiger partial charge >= 0.3 is 5.97 Å². The van der Waals surface area contributed by atoms with Crippen molar-refractivity contribution in [1.29, 1.82) is 5.26 Å². The number of hydrogen-bond donors (Lipinski definition) is 1. The molecular weight excluding hydrogens is 146 g/mol. The van der Waals surface area contributed by atoms with E-state index in [9.17, 15) is 4.79 Å². The fraction of sp³-hybridized carbons (Fsp3) is 0.429. The van der Waals surface area contributed by atoms with Crippen LogP contribution in [-0.4, -0.2) is 11.1 Å². The van der Waals surface area contributed by atoms with Gasteiger partial charge in [0.1, 0.15) is 5.76 Å². The molecule has 0 bridgehead atoms. The van der Waals surface area contributed by atoms with Crippen LogP contribution >= 0.6 is 0 Å². The minimum Gasteiger partial charge on any atom is -0.478 e. The molecule has 0 saturated carbocycles. The molecule has 0 radical (unpaired) electrons. The summed E-state index contributed by atoms with van der Waals surface area (Å²) in [4.78, 5) is 10.3. The minimum atomic E-state index is -1.06. The fourth-order valence-corrected chi connectivity index (χ4v) is 0.588. The maximum atomic E-state index is 10.3. The summed E-state index contributed by atoms with van der Waals surface area (Å²) >= 11 is 0. The molecule has 0 atom stereocenters. The first kappa shape index (κ1) is 9.50. The maximum absolute atomic E-state index is 10.3. The van der Waals surface area contributed by atoms with Crippen LogP contribution in [0.4, 0.5) is 0 Å². The third-order valence-electron chi connectivity index (χ3n) is 1.23. The molecular formula is C7H9NO3. The Morgan fingerprint density at radius 2 is 2.27 bits per heavy atom. The highest BCUT2D eigenvalue weighted by Crippen LogP contribution is 2.09. The predicted molar refractivity (Wildman–Crippen MR) is 37.3 cm³/mol. The number of carbonyl (C=O) groups is 1. The van der Waals surface area contributed by atoms with Gasteiger partial charge in [0.15, 0.2) is 0 Å². The molecule has 0 saturated heterocycles. The average Bonchev–Trinajstić information content (AvgIpc) is 1.98. The van der Waals surface area contributed by atoms with E-state index in [0.717, 1.165) is 0 Å². The van der Waals surface area contributed by atoms with Gasteiger partial charge in [-0.3, -0.25) is 0 Å². The van der Waals surface area contributed by atoms with Gasteiger partial charge in [0.25, 0.3) is 6.26 Å². The summed E-state index contributed by atoms with van der Waals surface area (Å²) in [5, 5.41) is 16.6. The number of hydrogen-bond acceptors (Lipinski definition) is 3. The second-order valence-electron chi connectivity index (χ2n) is 1.90. The highest BCUT2D eigenvalue weighted by atomic mass is 16.5. The van der Waals surface area contributed by atoms with Crippen LogP contribution in [-0.2, 0) is 9.53 Å². The molecule has 0 aliphatic rings. The summed E-state index contributed by atoms with van der Waals surface area (Å²) in [6, 6.07) is 0. The third-order valence-corrected chi connectivity index (χ3v) is 1.23. The van der Waals surface area contributed by atoms with Crippen LogP contribution in [0.3, 0.4) is 0 Å². The molecule has 0 spiro atoms. The zero-order valence-electron chi connectivity index (χ0n) is 6.42. The van der Waals surface area contributed by atoms with Gasteiger partial charge in [-0.05, 0) is 6.92 Å². The van der Waals surface area contributed by atoms with Crippen molar-refractivity contribution in [3.63, 3.8) is 0 Å². The Labute approximate surface area is 64.7 Å². The Morgan fingerprint density at radius 1 is 1.73 bits per heavy atom. The molecule has 0 amide bonds. The molecule has 1 N–H and O–H groups in total. The Morgan fingerprint density at radius 3 is 2.55 bits per heavy atom. The number of nitrogens with zero attached hydrogens (tertiary/aromatic N) is 1. The molecule has 4 heteroatoms. The van der Waals surface area contributed by atoms with E-state index < -0.39 is 5.97 Å². The molecule has 11 heavy (non-hydrogen) atoms. The minimum absolute atomic E-state index is 0.0778. The summed E-state index contributed by atoms with van der Waals surface area (Å²) in [5.74, 6) is -0.850. The SMILES string of the molecule is CCC(OC#N)=C(C)C(=O)O. The maximum Gasteiger partial charge on any atom is 0.334 e. The van der Waals surface area contributed by atoms with Crippen LogP contribution in [0.2, 0.25) is 0 Å². The fourth-order valence-electron chi connectivity index (χ4n) is 0.588. The van der Waals surface area contributed by atoms with E-state index in [2.05, 4.69) is 4.74 Å². The quantitative estimate of drug-likeness (QED) is 0.378. The van der Waals surface area contributed by atoms with Crippen LogP contribution in [0.1, 0.15) is 20.3 Å². The van der Waals surface area contributed by atoms with Gasteiger partial charge in [-0.1, -0.05) is 6.92 Å².